The summed E-state index contributed by atoms with van der Waals surface area (Å²) in [4.78, 5) is 14.2. The molecule has 0 bridgehead atoms. The lowest BCUT2D eigenvalue weighted by Crippen LogP contribution is -2.51. The van der Waals surface area contributed by atoms with Gasteiger partial charge in [0.15, 0.2) is 0 Å². The van der Waals surface area contributed by atoms with E-state index in [4.69, 9.17) is 24.9 Å². The monoisotopic (exact) mass is 494 g/mol. The van der Waals surface area contributed by atoms with Crippen LogP contribution in [0.5, 0.6) is 0 Å². The third-order valence-corrected chi connectivity index (χ3v) is 7.70. The van der Waals surface area contributed by atoms with Gasteiger partial charge in [-0.15, -0.1) is 0 Å². The number of aliphatic hydroxyl groups excluding tert-OH is 1. The molecule has 0 saturated carbocycles. The van der Waals surface area contributed by atoms with E-state index in [-0.39, 0.29) is 12.7 Å². The standard InChI is InChI=1S/C27H38N6O3/c1-3-25-30-26(12-27(31-25)33-8-9-36-22(14-33)15-34)29-24-11-23(18(2)10-20(24)13-28)19-4-6-32(7-5-19)21-16-35-17-21/h10-13,19,21-22,28,34H,3-9,14-17H2,1-2H3,(H,29,30,31). The van der Waals surface area contributed by atoms with Crippen LogP contribution >= 0.6 is 0 Å². The van der Waals surface area contributed by atoms with E-state index in [1.807, 2.05) is 13.0 Å². The van der Waals surface area contributed by atoms with E-state index in [0.717, 1.165) is 80.8 Å². The van der Waals surface area contributed by atoms with E-state index in [1.165, 1.54) is 17.3 Å². The SMILES string of the molecule is CCc1nc(Nc2cc(C3CCN(C4COC4)CC3)c(C)cc2C=N)cc(N2CCOC(CO)C2)n1. The Morgan fingerprint density at radius 2 is 1.97 bits per heavy atom. The summed E-state index contributed by atoms with van der Waals surface area (Å²) in [6, 6.07) is 6.91. The summed E-state index contributed by atoms with van der Waals surface area (Å²) in [7, 11) is 0. The maximum atomic E-state index is 9.55. The molecule has 3 aliphatic heterocycles. The van der Waals surface area contributed by atoms with Gasteiger partial charge >= 0.3 is 0 Å². The van der Waals surface area contributed by atoms with Crippen LogP contribution in [0.25, 0.3) is 0 Å². The van der Waals surface area contributed by atoms with Gasteiger partial charge in [0.05, 0.1) is 38.6 Å². The minimum atomic E-state index is -0.206. The zero-order chi connectivity index (χ0) is 25.1. The molecule has 9 nitrogen and oxygen atoms in total. The van der Waals surface area contributed by atoms with Gasteiger partial charge in [-0.1, -0.05) is 6.92 Å². The summed E-state index contributed by atoms with van der Waals surface area (Å²) in [5.74, 6) is 2.83. The van der Waals surface area contributed by atoms with Crippen LogP contribution in [0.3, 0.4) is 0 Å². The Hall–Kier alpha value is -2.59. The first-order valence-electron chi connectivity index (χ1n) is 13.2. The van der Waals surface area contributed by atoms with Crippen LogP contribution in [0, 0.1) is 12.3 Å². The number of rotatable bonds is 8. The molecule has 0 radical (unpaired) electrons. The Morgan fingerprint density at radius 3 is 2.64 bits per heavy atom. The van der Waals surface area contributed by atoms with Crippen molar-refractivity contribution in [3.8, 4) is 0 Å². The molecule has 0 amide bonds. The molecule has 0 spiro atoms. The van der Waals surface area contributed by atoms with Gasteiger partial charge in [0.2, 0.25) is 0 Å². The van der Waals surface area contributed by atoms with Crippen LogP contribution < -0.4 is 10.2 Å². The fourth-order valence-electron chi connectivity index (χ4n) is 5.47. The summed E-state index contributed by atoms with van der Waals surface area (Å²) < 4.78 is 11.0. The van der Waals surface area contributed by atoms with Crippen molar-refractivity contribution in [3.05, 3.63) is 40.7 Å². The number of aliphatic hydroxyl groups is 1. The number of aromatic nitrogens is 2. The lowest BCUT2D eigenvalue weighted by atomic mass is 9.85. The zero-order valence-corrected chi connectivity index (χ0v) is 21.4. The highest BCUT2D eigenvalue weighted by Gasteiger charge is 2.31. The average molecular weight is 495 g/mol. The first-order valence-corrected chi connectivity index (χ1v) is 13.2. The van der Waals surface area contributed by atoms with Crippen molar-refractivity contribution in [1.82, 2.24) is 14.9 Å². The normalized spacial score (nSPS) is 21.9. The zero-order valence-electron chi connectivity index (χ0n) is 21.4. The summed E-state index contributed by atoms with van der Waals surface area (Å²) in [5, 5.41) is 21.1. The number of anilines is 3. The number of ether oxygens (including phenoxy) is 2. The second kappa shape index (κ2) is 11.2. The second-order valence-corrected chi connectivity index (χ2v) is 10.1. The number of hydrogen-bond donors (Lipinski definition) is 3. The molecular formula is C27H38N6O3. The molecule has 3 saturated heterocycles. The number of likely N-dealkylation sites (tertiary alicyclic amines) is 1. The van der Waals surface area contributed by atoms with E-state index in [1.54, 1.807) is 0 Å². The highest BCUT2D eigenvalue weighted by molar-refractivity contribution is 5.88. The third kappa shape index (κ3) is 5.39. The number of nitrogens with one attached hydrogen (secondary N) is 2. The number of benzene rings is 1. The van der Waals surface area contributed by atoms with Crippen LogP contribution in [-0.2, 0) is 15.9 Å². The van der Waals surface area contributed by atoms with Crippen LogP contribution in [0.15, 0.2) is 18.2 Å². The fraction of sp³-hybridized carbons (Fsp3) is 0.593. The van der Waals surface area contributed by atoms with Crippen LogP contribution in [0.1, 0.15) is 48.2 Å². The molecule has 1 unspecified atom stereocenters. The quantitative estimate of drug-likeness (QED) is 0.481. The Kier molecular flexibility index (Phi) is 7.81. The number of aryl methyl sites for hydroxylation is 2. The summed E-state index contributed by atoms with van der Waals surface area (Å²) in [6.45, 7) is 10.0. The van der Waals surface area contributed by atoms with Gasteiger partial charge in [-0.3, -0.25) is 4.90 Å². The molecule has 1 aromatic carbocycles. The highest BCUT2D eigenvalue weighted by Crippen LogP contribution is 2.35. The molecule has 2 aromatic rings. The van der Waals surface area contributed by atoms with E-state index < -0.39 is 0 Å². The maximum Gasteiger partial charge on any atom is 0.136 e. The minimum absolute atomic E-state index is 0.00444. The Labute approximate surface area is 213 Å². The summed E-state index contributed by atoms with van der Waals surface area (Å²) in [5.41, 5.74) is 4.36. The first-order chi connectivity index (χ1) is 17.6. The van der Waals surface area contributed by atoms with E-state index >= 15 is 0 Å². The fourth-order valence-corrected chi connectivity index (χ4v) is 5.47. The van der Waals surface area contributed by atoms with Crippen molar-refractivity contribution >= 4 is 23.5 Å². The van der Waals surface area contributed by atoms with Crippen LogP contribution in [-0.4, -0.2) is 90.9 Å². The van der Waals surface area contributed by atoms with Crippen molar-refractivity contribution in [2.75, 3.05) is 62.8 Å². The van der Waals surface area contributed by atoms with Crippen LogP contribution in [0.4, 0.5) is 17.3 Å². The molecule has 1 atom stereocenters. The second-order valence-electron chi connectivity index (χ2n) is 10.1. The lowest BCUT2D eigenvalue weighted by Gasteiger charge is -2.41. The molecule has 3 fully saturated rings. The molecule has 4 heterocycles. The number of piperidine rings is 1. The van der Waals surface area contributed by atoms with Crippen molar-refractivity contribution < 1.29 is 14.6 Å². The molecule has 36 heavy (non-hydrogen) atoms. The molecule has 1 aromatic heterocycles. The summed E-state index contributed by atoms with van der Waals surface area (Å²) in [6.07, 6.45) is 4.21. The third-order valence-electron chi connectivity index (χ3n) is 7.70. The maximum absolute atomic E-state index is 9.55. The van der Waals surface area contributed by atoms with Gasteiger partial charge in [0, 0.05) is 43.0 Å². The van der Waals surface area contributed by atoms with Gasteiger partial charge in [0.25, 0.3) is 0 Å². The van der Waals surface area contributed by atoms with Gasteiger partial charge in [-0.2, -0.15) is 0 Å². The van der Waals surface area contributed by atoms with Gasteiger partial charge < -0.3 is 30.2 Å². The Balaban J connectivity index is 1.38. The van der Waals surface area contributed by atoms with E-state index in [9.17, 15) is 5.11 Å². The number of nitrogens with zero attached hydrogens (tertiary/aromatic N) is 4. The molecule has 3 N–H and O–H groups in total. The molecule has 194 valence electrons. The predicted molar refractivity (Wildman–Crippen MR) is 141 cm³/mol. The topological polar surface area (TPSA) is 107 Å². The van der Waals surface area contributed by atoms with Crippen molar-refractivity contribution in [2.45, 2.75) is 51.2 Å². The Morgan fingerprint density at radius 1 is 1.17 bits per heavy atom. The summed E-state index contributed by atoms with van der Waals surface area (Å²) >= 11 is 0. The van der Waals surface area contributed by atoms with Gasteiger partial charge in [-0.25, -0.2) is 9.97 Å². The molecule has 0 aliphatic carbocycles. The van der Waals surface area contributed by atoms with Gasteiger partial charge in [-0.05, 0) is 62.0 Å². The number of morpholine rings is 1. The van der Waals surface area contributed by atoms with Crippen LogP contribution in [0.2, 0.25) is 0 Å². The van der Waals surface area contributed by atoms with Gasteiger partial charge in [0.1, 0.15) is 17.5 Å². The van der Waals surface area contributed by atoms with E-state index in [2.05, 4.69) is 34.2 Å². The highest BCUT2D eigenvalue weighted by atomic mass is 16.5. The minimum Gasteiger partial charge on any atom is -0.394 e. The Bertz CT molecular complexity index is 1070. The molecular weight excluding hydrogens is 456 g/mol. The molecule has 3 aliphatic rings. The number of hydrogen-bond acceptors (Lipinski definition) is 9. The lowest BCUT2D eigenvalue weighted by molar-refractivity contribution is -0.0712. The molecule has 5 rings (SSSR count). The first kappa shape index (κ1) is 25.1. The average Bonchev–Trinajstić information content (AvgIpc) is 2.88. The van der Waals surface area contributed by atoms with Crippen molar-refractivity contribution in [1.29, 1.82) is 5.41 Å². The largest absolute Gasteiger partial charge is 0.394 e. The van der Waals surface area contributed by atoms with E-state index in [0.29, 0.717) is 25.1 Å². The smallest absolute Gasteiger partial charge is 0.136 e. The molecule has 9 heteroatoms. The predicted octanol–water partition coefficient (Wildman–Crippen LogP) is 2.86. The van der Waals surface area contributed by atoms with Crippen molar-refractivity contribution in [3.63, 3.8) is 0 Å². The van der Waals surface area contributed by atoms with Crippen molar-refractivity contribution in [2.24, 2.45) is 0 Å².